The van der Waals surface area contributed by atoms with Crippen molar-refractivity contribution in [1.82, 2.24) is 0 Å². The Labute approximate surface area is 78.2 Å². The SMILES string of the molecule is [CH2]c1cc(OC)cc(OC)c1OC. The van der Waals surface area contributed by atoms with Gasteiger partial charge in [-0.15, -0.1) is 0 Å². The molecule has 0 heterocycles. The Kier molecular flexibility index (Phi) is 3.01. The molecule has 0 aliphatic rings. The molecule has 0 unspecified atom stereocenters. The van der Waals surface area contributed by atoms with Crippen LogP contribution in [0.2, 0.25) is 0 Å². The van der Waals surface area contributed by atoms with E-state index in [4.69, 9.17) is 14.2 Å². The summed E-state index contributed by atoms with van der Waals surface area (Å²) >= 11 is 0. The van der Waals surface area contributed by atoms with E-state index in [0.29, 0.717) is 17.2 Å². The molecule has 3 nitrogen and oxygen atoms in total. The van der Waals surface area contributed by atoms with Crippen molar-refractivity contribution >= 4 is 0 Å². The second kappa shape index (κ2) is 4.03. The molecule has 1 aromatic rings. The predicted molar refractivity (Wildman–Crippen MR) is 50.6 cm³/mol. The molecule has 0 atom stereocenters. The lowest BCUT2D eigenvalue weighted by Crippen LogP contribution is -1.94. The minimum Gasteiger partial charge on any atom is -0.497 e. The van der Waals surface area contributed by atoms with E-state index >= 15 is 0 Å². The average molecular weight is 181 g/mol. The zero-order chi connectivity index (χ0) is 9.84. The molecule has 0 bridgehead atoms. The van der Waals surface area contributed by atoms with Gasteiger partial charge in [0.2, 0.25) is 0 Å². The van der Waals surface area contributed by atoms with Gasteiger partial charge in [-0.25, -0.2) is 0 Å². The van der Waals surface area contributed by atoms with Gasteiger partial charge in [-0.1, -0.05) is 0 Å². The van der Waals surface area contributed by atoms with Crippen LogP contribution in [0.15, 0.2) is 12.1 Å². The number of hydrogen-bond acceptors (Lipinski definition) is 3. The van der Waals surface area contributed by atoms with Crippen LogP contribution >= 0.6 is 0 Å². The fraction of sp³-hybridized carbons (Fsp3) is 0.300. The number of methoxy groups -OCH3 is 3. The lowest BCUT2D eigenvalue weighted by atomic mass is 10.2. The zero-order valence-corrected chi connectivity index (χ0v) is 8.09. The Bertz CT molecular complexity index is 294. The summed E-state index contributed by atoms with van der Waals surface area (Å²) in [7, 11) is 4.76. The van der Waals surface area contributed by atoms with E-state index in [1.165, 1.54) is 0 Å². The van der Waals surface area contributed by atoms with Gasteiger partial charge in [0.25, 0.3) is 0 Å². The van der Waals surface area contributed by atoms with Crippen LogP contribution in [0.25, 0.3) is 0 Å². The highest BCUT2D eigenvalue weighted by molar-refractivity contribution is 5.52. The third kappa shape index (κ3) is 1.86. The number of rotatable bonds is 3. The molecule has 0 saturated carbocycles. The van der Waals surface area contributed by atoms with E-state index in [2.05, 4.69) is 6.92 Å². The third-order valence-electron chi connectivity index (χ3n) is 1.77. The molecule has 0 saturated heterocycles. The predicted octanol–water partition coefficient (Wildman–Crippen LogP) is 1.89. The largest absolute Gasteiger partial charge is 0.497 e. The molecule has 3 heteroatoms. The summed E-state index contributed by atoms with van der Waals surface area (Å²) in [4.78, 5) is 0. The minimum atomic E-state index is 0.631. The van der Waals surface area contributed by atoms with E-state index in [9.17, 15) is 0 Å². The van der Waals surface area contributed by atoms with E-state index in [0.717, 1.165) is 5.56 Å². The van der Waals surface area contributed by atoms with Crippen molar-refractivity contribution in [3.63, 3.8) is 0 Å². The lowest BCUT2D eigenvalue weighted by Gasteiger charge is -2.11. The average Bonchev–Trinajstić information content (AvgIpc) is 2.16. The maximum atomic E-state index is 5.12. The van der Waals surface area contributed by atoms with E-state index in [1.54, 1.807) is 33.5 Å². The molecule has 71 valence electrons. The normalized spacial score (nSPS) is 9.54. The molecular formula is C10H13O3. The summed E-state index contributed by atoms with van der Waals surface area (Å²) in [5, 5.41) is 0. The lowest BCUT2D eigenvalue weighted by molar-refractivity contribution is 0.348. The Hall–Kier alpha value is -1.38. The maximum absolute atomic E-state index is 5.12. The maximum Gasteiger partial charge on any atom is 0.164 e. The molecule has 0 aromatic heterocycles. The van der Waals surface area contributed by atoms with Gasteiger partial charge in [0.1, 0.15) is 5.75 Å². The van der Waals surface area contributed by atoms with Crippen LogP contribution in [0.4, 0.5) is 0 Å². The molecule has 0 fully saturated rings. The molecule has 0 aliphatic heterocycles. The smallest absolute Gasteiger partial charge is 0.164 e. The van der Waals surface area contributed by atoms with Gasteiger partial charge in [-0.2, -0.15) is 0 Å². The first-order valence-electron chi connectivity index (χ1n) is 3.85. The first kappa shape index (κ1) is 9.71. The van der Waals surface area contributed by atoms with Crippen LogP contribution < -0.4 is 14.2 Å². The summed E-state index contributed by atoms with van der Waals surface area (Å²) in [6.45, 7) is 3.82. The molecular weight excluding hydrogens is 168 g/mol. The van der Waals surface area contributed by atoms with Crippen LogP contribution in [0, 0.1) is 6.92 Å². The number of hydrogen-bond donors (Lipinski definition) is 0. The van der Waals surface area contributed by atoms with Gasteiger partial charge in [-0.3, -0.25) is 0 Å². The van der Waals surface area contributed by atoms with Crippen molar-refractivity contribution in [1.29, 1.82) is 0 Å². The van der Waals surface area contributed by atoms with Gasteiger partial charge in [0.05, 0.1) is 21.3 Å². The molecule has 0 amide bonds. The standard InChI is InChI=1S/C10H13O3/c1-7-5-8(11-2)6-9(12-3)10(7)13-4/h5-6H,1H2,2-4H3. The Morgan fingerprint density at radius 3 is 2.15 bits per heavy atom. The van der Waals surface area contributed by atoms with E-state index < -0.39 is 0 Å². The van der Waals surface area contributed by atoms with Crippen LogP contribution in [0.3, 0.4) is 0 Å². The third-order valence-corrected chi connectivity index (χ3v) is 1.77. The fourth-order valence-corrected chi connectivity index (χ4v) is 1.13. The van der Waals surface area contributed by atoms with Crippen molar-refractivity contribution in [2.24, 2.45) is 0 Å². The van der Waals surface area contributed by atoms with Gasteiger partial charge < -0.3 is 14.2 Å². The topological polar surface area (TPSA) is 27.7 Å². The Balaban J connectivity index is 3.20. The van der Waals surface area contributed by atoms with Crippen LogP contribution in [0.5, 0.6) is 17.2 Å². The van der Waals surface area contributed by atoms with Crippen molar-refractivity contribution in [2.45, 2.75) is 0 Å². The number of benzene rings is 1. The summed E-state index contributed by atoms with van der Waals surface area (Å²) in [6.07, 6.45) is 0. The van der Waals surface area contributed by atoms with Gasteiger partial charge in [-0.05, 0) is 13.0 Å². The van der Waals surface area contributed by atoms with Crippen molar-refractivity contribution in [3.8, 4) is 17.2 Å². The summed E-state index contributed by atoms with van der Waals surface area (Å²) in [5.74, 6) is 1.98. The Morgan fingerprint density at radius 2 is 1.69 bits per heavy atom. The van der Waals surface area contributed by atoms with Crippen LogP contribution in [-0.2, 0) is 0 Å². The van der Waals surface area contributed by atoms with E-state index in [1.807, 2.05) is 0 Å². The van der Waals surface area contributed by atoms with Gasteiger partial charge >= 0.3 is 0 Å². The van der Waals surface area contributed by atoms with Gasteiger partial charge in [0.15, 0.2) is 11.5 Å². The van der Waals surface area contributed by atoms with Crippen molar-refractivity contribution < 1.29 is 14.2 Å². The first-order chi connectivity index (χ1) is 6.22. The highest BCUT2D eigenvalue weighted by Crippen LogP contribution is 2.34. The first-order valence-corrected chi connectivity index (χ1v) is 3.85. The minimum absolute atomic E-state index is 0.631. The molecule has 13 heavy (non-hydrogen) atoms. The highest BCUT2D eigenvalue weighted by atomic mass is 16.5. The molecule has 0 N–H and O–H groups in total. The monoisotopic (exact) mass is 181 g/mol. The van der Waals surface area contributed by atoms with Crippen LogP contribution in [0.1, 0.15) is 5.56 Å². The quantitative estimate of drug-likeness (QED) is 0.712. The van der Waals surface area contributed by atoms with Crippen LogP contribution in [-0.4, -0.2) is 21.3 Å². The summed E-state index contributed by atoms with van der Waals surface area (Å²) in [5.41, 5.74) is 0.749. The second-order valence-corrected chi connectivity index (χ2v) is 2.52. The van der Waals surface area contributed by atoms with Gasteiger partial charge in [0, 0.05) is 11.6 Å². The second-order valence-electron chi connectivity index (χ2n) is 2.52. The fourth-order valence-electron chi connectivity index (χ4n) is 1.13. The molecule has 1 rings (SSSR count). The van der Waals surface area contributed by atoms with Crippen molar-refractivity contribution in [2.75, 3.05) is 21.3 Å². The molecule has 1 radical (unpaired) electrons. The number of ether oxygens (including phenoxy) is 3. The molecule has 1 aromatic carbocycles. The van der Waals surface area contributed by atoms with E-state index in [-0.39, 0.29) is 0 Å². The van der Waals surface area contributed by atoms with Crippen molar-refractivity contribution in [3.05, 3.63) is 24.6 Å². The summed E-state index contributed by atoms with van der Waals surface area (Å²) < 4.78 is 15.3. The molecule has 0 spiro atoms. The summed E-state index contributed by atoms with van der Waals surface area (Å²) in [6, 6.07) is 3.55. The molecule has 0 aliphatic carbocycles. The highest BCUT2D eigenvalue weighted by Gasteiger charge is 2.08. The zero-order valence-electron chi connectivity index (χ0n) is 8.09. The Morgan fingerprint density at radius 1 is 1.00 bits per heavy atom.